The van der Waals surface area contributed by atoms with Crippen LogP contribution < -0.4 is 5.32 Å². The lowest BCUT2D eigenvalue weighted by Crippen LogP contribution is -2.36. The van der Waals surface area contributed by atoms with Crippen molar-refractivity contribution in [1.82, 2.24) is 14.9 Å². The first-order valence-corrected chi connectivity index (χ1v) is 7.09. The standard InChI is InChI=1S/C13H21ClN4/c1-2-5-18-6-3-11(4-7-18)8-16-13-12(14)9-15-10-17-13/h9-11H,2-8H2,1H3,(H,15,16,17). The van der Waals surface area contributed by atoms with Gasteiger partial charge in [0.2, 0.25) is 0 Å². The fraction of sp³-hybridized carbons (Fsp3) is 0.692. The van der Waals surface area contributed by atoms with Gasteiger partial charge in [-0.25, -0.2) is 9.97 Å². The monoisotopic (exact) mass is 268 g/mol. The van der Waals surface area contributed by atoms with Crippen molar-refractivity contribution in [3.8, 4) is 0 Å². The predicted molar refractivity (Wildman–Crippen MR) is 75.0 cm³/mol. The van der Waals surface area contributed by atoms with Gasteiger partial charge in [0.1, 0.15) is 17.2 Å². The molecule has 0 unspecified atom stereocenters. The molecular weight excluding hydrogens is 248 g/mol. The van der Waals surface area contributed by atoms with Crippen molar-refractivity contribution in [2.24, 2.45) is 5.92 Å². The molecule has 1 aliphatic heterocycles. The quantitative estimate of drug-likeness (QED) is 0.891. The van der Waals surface area contributed by atoms with E-state index in [4.69, 9.17) is 11.6 Å². The van der Waals surface area contributed by atoms with E-state index in [-0.39, 0.29) is 0 Å². The first-order valence-electron chi connectivity index (χ1n) is 6.71. The number of anilines is 1. The smallest absolute Gasteiger partial charge is 0.148 e. The third-order valence-electron chi connectivity index (χ3n) is 3.47. The highest BCUT2D eigenvalue weighted by atomic mass is 35.5. The Morgan fingerprint density at radius 1 is 1.44 bits per heavy atom. The summed E-state index contributed by atoms with van der Waals surface area (Å²) in [5, 5.41) is 3.93. The summed E-state index contributed by atoms with van der Waals surface area (Å²) in [6.07, 6.45) is 6.92. The number of hydrogen-bond acceptors (Lipinski definition) is 4. The number of nitrogens with zero attached hydrogens (tertiary/aromatic N) is 3. The Kier molecular flexibility index (Phi) is 5.20. The summed E-state index contributed by atoms with van der Waals surface area (Å²) in [6, 6.07) is 0. The average molecular weight is 269 g/mol. The van der Waals surface area contributed by atoms with Crippen LogP contribution >= 0.6 is 11.6 Å². The molecule has 1 aromatic heterocycles. The van der Waals surface area contributed by atoms with Gasteiger partial charge >= 0.3 is 0 Å². The molecule has 2 rings (SSSR count). The molecule has 1 aromatic rings. The largest absolute Gasteiger partial charge is 0.368 e. The number of rotatable bonds is 5. The molecule has 18 heavy (non-hydrogen) atoms. The second-order valence-corrected chi connectivity index (χ2v) is 5.29. The highest BCUT2D eigenvalue weighted by Gasteiger charge is 2.18. The summed E-state index contributed by atoms with van der Waals surface area (Å²) in [5.74, 6) is 1.48. The Hall–Kier alpha value is -0.870. The molecule has 1 N–H and O–H groups in total. The molecule has 0 bridgehead atoms. The van der Waals surface area contributed by atoms with Crippen molar-refractivity contribution in [1.29, 1.82) is 0 Å². The highest BCUT2D eigenvalue weighted by Crippen LogP contribution is 2.20. The Labute approximate surface area is 114 Å². The zero-order valence-electron chi connectivity index (χ0n) is 10.9. The Bertz CT molecular complexity index is 364. The van der Waals surface area contributed by atoms with Crippen LogP contribution in [0, 0.1) is 5.92 Å². The maximum absolute atomic E-state index is 6.01. The molecule has 0 spiro atoms. The number of likely N-dealkylation sites (tertiary alicyclic amines) is 1. The minimum Gasteiger partial charge on any atom is -0.368 e. The molecule has 0 saturated carbocycles. The molecule has 0 aliphatic carbocycles. The molecule has 1 saturated heterocycles. The summed E-state index contributed by atoms with van der Waals surface area (Å²) in [4.78, 5) is 10.6. The number of piperidine rings is 1. The summed E-state index contributed by atoms with van der Waals surface area (Å²) in [5.41, 5.74) is 0. The van der Waals surface area contributed by atoms with Gasteiger partial charge in [0, 0.05) is 6.54 Å². The summed E-state index contributed by atoms with van der Waals surface area (Å²) in [7, 11) is 0. The fourth-order valence-corrected chi connectivity index (χ4v) is 2.59. The van der Waals surface area contributed by atoms with Crippen molar-refractivity contribution < 1.29 is 0 Å². The molecule has 0 amide bonds. The van der Waals surface area contributed by atoms with Crippen molar-refractivity contribution >= 4 is 17.4 Å². The Morgan fingerprint density at radius 3 is 2.89 bits per heavy atom. The lowest BCUT2D eigenvalue weighted by atomic mass is 9.97. The van der Waals surface area contributed by atoms with Crippen LogP contribution in [0.4, 0.5) is 5.82 Å². The zero-order chi connectivity index (χ0) is 12.8. The summed E-state index contributed by atoms with van der Waals surface area (Å²) in [6.45, 7) is 6.87. The van der Waals surface area contributed by atoms with Crippen LogP contribution in [-0.2, 0) is 0 Å². The van der Waals surface area contributed by atoms with Crippen LogP contribution in [0.3, 0.4) is 0 Å². The van der Waals surface area contributed by atoms with Crippen LogP contribution in [0.5, 0.6) is 0 Å². The van der Waals surface area contributed by atoms with E-state index in [1.807, 2.05) is 0 Å². The number of hydrogen-bond donors (Lipinski definition) is 1. The van der Waals surface area contributed by atoms with E-state index < -0.39 is 0 Å². The fourth-order valence-electron chi connectivity index (χ4n) is 2.41. The van der Waals surface area contributed by atoms with E-state index in [0.29, 0.717) is 5.02 Å². The molecule has 0 aromatic carbocycles. The molecule has 1 fully saturated rings. The second kappa shape index (κ2) is 6.90. The van der Waals surface area contributed by atoms with E-state index in [2.05, 4.69) is 27.1 Å². The lowest BCUT2D eigenvalue weighted by Gasteiger charge is -2.31. The van der Waals surface area contributed by atoms with Gasteiger partial charge < -0.3 is 10.2 Å². The van der Waals surface area contributed by atoms with Crippen LogP contribution in [0.2, 0.25) is 5.02 Å². The second-order valence-electron chi connectivity index (χ2n) is 4.89. The van der Waals surface area contributed by atoms with E-state index in [1.54, 1.807) is 6.20 Å². The molecule has 2 heterocycles. The van der Waals surface area contributed by atoms with Crippen molar-refractivity contribution in [2.45, 2.75) is 26.2 Å². The molecule has 0 radical (unpaired) electrons. The first-order chi connectivity index (χ1) is 8.79. The predicted octanol–water partition coefficient (Wildman–Crippen LogP) is 2.66. The number of nitrogens with one attached hydrogen (secondary N) is 1. The highest BCUT2D eigenvalue weighted by molar-refractivity contribution is 6.32. The SMILES string of the molecule is CCCN1CCC(CNc2ncncc2Cl)CC1. The van der Waals surface area contributed by atoms with Gasteiger partial charge in [-0.1, -0.05) is 18.5 Å². The molecular formula is C13H21ClN4. The van der Waals surface area contributed by atoms with E-state index in [0.717, 1.165) is 18.3 Å². The van der Waals surface area contributed by atoms with Crippen LogP contribution in [0.25, 0.3) is 0 Å². The van der Waals surface area contributed by atoms with Gasteiger partial charge in [-0.15, -0.1) is 0 Å². The molecule has 100 valence electrons. The van der Waals surface area contributed by atoms with Crippen molar-refractivity contribution in [3.05, 3.63) is 17.5 Å². The van der Waals surface area contributed by atoms with E-state index >= 15 is 0 Å². The van der Waals surface area contributed by atoms with E-state index in [9.17, 15) is 0 Å². The van der Waals surface area contributed by atoms with Gasteiger partial charge in [-0.05, 0) is 44.8 Å². The van der Waals surface area contributed by atoms with E-state index in [1.165, 1.54) is 45.2 Å². The lowest BCUT2D eigenvalue weighted by molar-refractivity contribution is 0.190. The third-order valence-corrected chi connectivity index (χ3v) is 3.75. The average Bonchev–Trinajstić information content (AvgIpc) is 2.40. The molecule has 4 nitrogen and oxygen atoms in total. The van der Waals surface area contributed by atoms with Gasteiger partial charge in [0.15, 0.2) is 0 Å². The third kappa shape index (κ3) is 3.82. The van der Waals surface area contributed by atoms with Gasteiger partial charge in [0.25, 0.3) is 0 Å². The Balaban J connectivity index is 1.74. The van der Waals surface area contributed by atoms with Crippen LogP contribution in [-0.4, -0.2) is 41.0 Å². The van der Waals surface area contributed by atoms with Gasteiger partial charge in [0.05, 0.1) is 6.20 Å². The molecule has 0 atom stereocenters. The summed E-state index contributed by atoms with van der Waals surface area (Å²) < 4.78 is 0. The maximum atomic E-state index is 6.01. The molecule has 5 heteroatoms. The minimum absolute atomic E-state index is 0.598. The minimum atomic E-state index is 0.598. The van der Waals surface area contributed by atoms with Crippen molar-refractivity contribution in [2.75, 3.05) is 31.5 Å². The van der Waals surface area contributed by atoms with Crippen LogP contribution in [0.1, 0.15) is 26.2 Å². The number of aromatic nitrogens is 2. The summed E-state index contributed by atoms with van der Waals surface area (Å²) >= 11 is 6.01. The topological polar surface area (TPSA) is 41.0 Å². The Morgan fingerprint density at radius 2 is 2.22 bits per heavy atom. The van der Waals surface area contributed by atoms with Gasteiger partial charge in [-0.2, -0.15) is 0 Å². The van der Waals surface area contributed by atoms with Crippen molar-refractivity contribution in [3.63, 3.8) is 0 Å². The normalized spacial score (nSPS) is 17.9. The molecule has 1 aliphatic rings. The number of halogens is 1. The first kappa shape index (κ1) is 13.6. The van der Waals surface area contributed by atoms with Crippen LogP contribution in [0.15, 0.2) is 12.5 Å². The van der Waals surface area contributed by atoms with Gasteiger partial charge in [-0.3, -0.25) is 0 Å². The zero-order valence-corrected chi connectivity index (χ0v) is 11.7. The maximum Gasteiger partial charge on any atom is 0.148 e.